The molecule has 17 heavy (non-hydrogen) atoms. The van der Waals surface area contributed by atoms with Crippen LogP contribution in [0.4, 0.5) is 13.2 Å². The van der Waals surface area contributed by atoms with E-state index in [1.54, 1.807) is 13.8 Å². The van der Waals surface area contributed by atoms with E-state index < -0.39 is 18.7 Å². The predicted octanol–water partition coefficient (Wildman–Crippen LogP) is 1.45. The lowest BCUT2D eigenvalue weighted by Crippen LogP contribution is -2.36. The lowest BCUT2D eigenvalue weighted by Gasteiger charge is -2.21. The molecule has 0 aromatic heterocycles. The molecule has 0 fully saturated rings. The maximum Gasteiger partial charge on any atom is 0.401 e. The Morgan fingerprint density at radius 2 is 1.94 bits per heavy atom. The largest absolute Gasteiger partial charge is 0.464 e. The third-order valence-electron chi connectivity index (χ3n) is 1.93. The molecule has 0 N–H and O–H groups in total. The highest BCUT2D eigenvalue weighted by molar-refractivity contribution is 5.70. The van der Waals surface area contributed by atoms with E-state index in [0.29, 0.717) is 0 Å². The van der Waals surface area contributed by atoms with Crippen LogP contribution in [-0.2, 0) is 14.3 Å². The summed E-state index contributed by atoms with van der Waals surface area (Å²) in [5.41, 5.74) is 0. The van der Waals surface area contributed by atoms with Crippen molar-refractivity contribution in [1.82, 2.24) is 4.90 Å². The first-order valence-corrected chi connectivity index (χ1v) is 5.41. The number of hydrogen-bond donors (Lipinski definition) is 0. The summed E-state index contributed by atoms with van der Waals surface area (Å²) in [6.45, 7) is 2.86. The average Bonchev–Trinajstić information content (AvgIpc) is 2.21. The topological polar surface area (TPSA) is 38.8 Å². The minimum absolute atomic E-state index is 0.0722. The predicted molar refractivity (Wildman–Crippen MR) is 55.6 cm³/mol. The molecule has 7 heteroatoms. The smallest absolute Gasteiger partial charge is 0.401 e. The zero-order valence-corrected chi connectivity index (χ0v) is 10.0. The maximum absolute atomic E-state index is 12.1. The van der Waals surface area contributed by atoms with Crippen LogP contribution in [0.25, 0.3) is 0 Å². The van der Waals surface area contributed by atoms with E-state index in [0.717, 1.165) is 0 Å². The Labute approximate surface area is 98.7 Å². The molecule has 0 aromatic rings. The molecule has 4 nitrogen and oxygen atoms in total. The molecule has 0 saturated heterocycles. The molecular weight excluding hydrogens is 239 g/mol. The number of rotatable bonds is 8. The summed E-state index contributed by atoms with van der Waals surface area (Å²) in [6, 6.07) is 0. The van der Waals surface area contributed by atoms with Crippen LogP contribution < -0.4 is 0 Å². The van der Waals surface area contributed by atoms with Crippen molar-refractivity contribution < 1.29 is 27.4 Å². The first-order chi connectivity index (χ1) is 7.89. The van der Waals surface area contributed by atoms with Crippen molar-refractivity contribution in [1.29, 1.82) is 0 Å². The Hall–Kier alpha value is -0.820. The van der Waals surface area contributed by atoms with Crippen molar-refractivity contribution in [3.8, 4) is 0 Å². The summed E-state index contributed by atoms with van der Waals surface area (Å²) in [5, 5.41) is 0. The van der Waals surface area contributed by atoms with Gasteiger partial charge in [0.15, 0.2) is 0 Å². The molecular formula is C10H18F3NO3. The fourth-order valence-electron chi connectivity index (χ4n) is 1.15. The molecule has 0 amide bonds. The van der Waals surface area contributed by atoms with E-state index in [4.69, 9.17) is 4.74 Å². The van der Waals surface area contributed by atoms with Gasteiger partial charge in [-0.2, -0.15) is 13.2 Å². The second kappa shape index (κ2) is 8.30. The van der Waals surface area contributed by atoms with Crippen LogP contribution >= 0.6 is 0 Å². The highest BCUT2D eigenvalue weighted by atomic mass is 19.4. The number of carbonyl (C=O) groups excluding carboxylic acids is 1. The van der Waals surface area contributed by atoms with Gasteiger partial charge in [0.2, 0.25) is 0 Å². The molecule has 0 aliphatic heterocycles. The van der Waals surface area contributed by atoms with E-state index in [-0.39, 0.29) is 32.9 Å². The molecule has 0 aliphatic carbocycles. The number of nitrogens with zero attached hydrogens (tertiary/aromatic N) is 1. The van der Waals surface area contributed by atoms with E-state index in [1.165, 1.54) is 4.90 Å². The van der Waals surface area contributed by atoms with Crippen molar-refractivity contribution in [2.45, 2.75) is 20.0 Å². The number of hydrogen-bond acceptors (Lipinski definition) is 4. The van der Waals surface area contributed by atoms with Gasteiger partial charge in [-0.05, 0) is 13.5 Å². The summed E-state index contributed by atoms with van der Waals surface area (Å²) >= 11 is 0. The van der Waals surface area contributed by atoms with Crippen molar-refractivity contribution in [2.24, 2.45) is 0 Å². The van der Waals surface area contributed by atoms with E-state index in [2.05, 4.69) is 4.74 Å². The van der Waals surface area contributed by atoms with Gasteiger partial charge in [-0.25, -0.2) is 4.79 Å². The number of likely N-dealkylation sites (N-methyl/N-ethyl adjacent to an activating group) is 1. The zero-order valence-electron chi connectivity index (χ0n) is 10.0. The van der Waals surface area contributed by atoms with Gasteiger partial charge in [0, 0.05) is 6.54 Å². The van der Waals surface area contributed by atoms with Gasteiger partial charge in [0.05, 0.1) is 19.8 Å². The van der Waals surface area contributed by atoms with Crippen molar-refractivity contribution >= 4 is 5.97 Å². The van der Waals surface area contributed by atoms with Gasteiger partial charge < -0.3 is 9.47 Å². The average molecular weight is 257 g/mol. The van der Waals surface area contributed by atoms with Crippen LogP contribution in [0.2, 0.25) is 0 Å². The number of carbonyl (C=O) groups is 1. The van der Waals surface area contributed by atoms with E-state index in [1.807, 2.05) is 0 Å². The van der Waals surface area contributed by atoms with Crippen molar-refractivity contribution in [3.63, 3.8) is 0 Å². The number of esters is 1. The van der Waals surface area contributed by atoms with Gasteiger partial charge in [0.25, 0.3) is 0 Å². The molecule has 0 aromatic carbocycles. The standard InChI is InChI=1S/C10H18F3NO3/c1-3-14(8-10(11,12)13)5-6-16-7-9(15)17-4-2/h3-8H2,1-2H3. The Kier molecular flexibility index (Phi) is 7.90. The number of ether oxygens (including phenoxy) is 2. The molecule has 0 bridgehead atoms. The molecule has 0 spiro atoms. The fourth-order valence-corrected chi connectivity index (χ4v) is 1.15. The molecule has 102 valence electrons. The Morgan fingerprint density at radius 3 is 2.41 bits per heavy atom. The van der Waals surface area contributed by atoms with E-state index >= 15 is 0 Å². The fraction of sp³-hybridized carbons (Fsp3) is 0.900. The maximum atomic E-state index is 12.1. The highest BCUT2D eigenvalue weighted by Gasteiger charge is 2.29. The van der Waals surface area contributed by atoms with Gasteiger partial charge in [0.1, 0.15) is 6.61 Å². The third-order valence-corrected chi connectivity index (χ3v) is 1.93. The molecule has 0 aliphatic rings. The second-order valence-corrected chi connectivity index (χ2v) is 3.34. The molecule has 0 atom stereocenters. The zero-order chi connectivity index (χ0) is 13.3. The van der Waals surface area contributed by atoms with Gasteiger partial charge in [-0.3, -0.25) is 4.90 Å². The van der Waals surface area contributed by atoms with Gasteiger partial charge in [-0.15, -0.1) is 0 Å². The number of halogens is 3. The SMILES string of the molecule is CCOC(=O)COCCN(CC)CC(F)(F)F. The van der Waals surface area contributed by atoms with Crippen LogP contribution in [0.15, 0.2) is 0 Å². The normalized spacial score (nSPS) is 11.9. The Bertz CT molecular complexity index is 221. The second-order valence-electron chi connectivity index (χ2n) is 3.34. The molecule has 0 radical (unpaired) electrons. The first kappa shape index (κ1) is 16.2. The van der Waals surface area contributed by atoms with Gasteiger partial charge in [-0.1, -0.05) is 6.92 Å². The van der Waals surface area contributed by atoms with Crippen molar-refractivity contribution in [3.05, 3.63) is 0 Å². The lowest BCUT2D eigenvalue weighted by atomic mass is 10.4. The first-order valence-electron chi connectivity index (χ1n) is 5.41. The molecule has 0 saturated carbocycles. The quantitative estimate of drug-likeness (QED) is 0.487. The lowest BCUT2D eigenvalue weighted by molar-refractivity contribution is -0.152. The van der Waals surface area contributed by atoms with Crippen LogP contribution in [0.3, 0.4) is 0 Å². The Morgan fingerprint density at radius 1 is 1.29 bits per heavy atom. The summed E-state index contributed by atoms with van der Waals surface area (Å²) in [4.78, 5) is 12.0. The minimum Gasteiger partial charge on any atom is -0.464 e. The van der Waals surface area contributed by atoms with Crippen LogP contribution in [0.5, 0.6) is 0 Å². The minimum atomic E-state index is -4.21. The Balaban J connectivity index is 3.67. The summed E-state index contributed by atoms with van der Waals surface area (Å²) < 4.78 is 45.7. The van der Waals surface area contributed by atoms with Crippen LogP contribution in [0.1, 0.15) is 13.8 Å². The summed E-state index contributed by atoms with van der Waals surface area (Å²) in [5.74, 6) is -0.508. The summed E-state index contributed by atoms with van der Waals surface area (Å²) in [6.07, 6.45) is -4.21. The molecule has 0 heterocycles. The third kappa shape index (κ3) is 10.1. The molecule has 0 rings (SSSR count). The van der Waals surface area contributed by atoms with Crippen molar-refractivity contribution in [2.75, 3.05) is 39.5 Å². The van der Waals surface area contributed by atoms with Crippen LogP contribution in [-0.4, -0.2) is 56.5 Å². The molecule has 0 unspecified atom stereocenters. The van der Waals surface area contributed by atoms with E-state index in [9.17, 15) is 18.0 Å². The summed E-state index contributed by atoms with van der Waals surface area (Å²) in [7, 11) is 0. The number of alkyl halides is 3. The monoisotopic (exact) mass is 257 g/mol. The van der Waals surface area contributed by atoms with Gasteiger partial charge >= 0.3 is 12.1 Å². The highest BCUT2D eigenvalue weighted by Crippen LogP contribution is 2.15. The van der Waals surface area contributed by atoms with Crippen LogP contribution in [0, 0.1) is 0 Å².